The maximum absolute atomic E-state index is 11.9. The molecule has 114 valence electrons. The van der Waals surface area contributed by atoms with Gasteiger partial charge in [-0.1, -0.05) is 19.3 Å². The van der Waals surface area contributed by atoms with Crippen LogP contribution in [0.2, 0.25) is 0 Å². The van der Waals surface area contributed by atoms with E-state index >= 15 is 0 Å². The second kappa shape index (κ2) is 6.69. The topological polar surface area (TPSA) is 54.4 Å². The SMILES string of the molecule is Cc1csc(CC(=O)N/N=C2\CC[C@H]3CCCC[C@@H]3C2)n1. The number of amides is 1. The zero-order valence-electron chi connectivity index (χ0n) is 12.6. The van der Waals surface area contributed by atoms with E-state index < -0.39 is 0 Å². The van der Waals surface area contributed by atoms with Gasteiger partial charge >= 0.3 is 0 Å². The minimum Gasteiger partial charge on any atom is -0.273 e. The first kappa shape index (κ1) is 14.7. The summed E-state index contributed by atoms with van der Waals surface area (Å²) in [5.41, 5.74) is 4.88. The number of nitrogens with one attached hydrogen (secondary N) is 1. The highest BCUT2D eigenvalue weighted by atomic mass is 32.1. The molecule has 0 aliphatic heterocycles. The van der Waals surface area contributed by atoms with Crippen LogP contribution in [-0.4, -0.2) is 16.6 Å². The zero-order valence-corrected chi connectivity index (χ0v) is 13.4. The van der Waals surface area contributed by atoms with Crippen molar-refractivity contribution in [3.8, 4) is 0 Å². The van der Waals surface area contributed by atoms with Gasteiger partial charge in [-0.15, -0.1) is 11.3 Å². The fourth-order valence-corrected chi connectivity index (χ4v) is 4.36. The molecule has 1 N–H and O–H groups in total. The highest BCUT2D eigenvalue weighted by molar-refractivity contribution is 7.09. The molecule has 4 nitrogen and oxygen atoms in total. The zero-order chi connectivity index (χ0) is 14.7. The number of aryl methyl sites for hydroxylation is 1. The predicted molar refractivity (Wildman–Crippen MR) is 85.4 cm³/mol. The molecule has 1 heterocycles. The number of nitrogens with zero attached hydrogens (tertiary/aromatic N) is 2. The van der Waals surface area contributed by atoms with E-state index in [-0.39, 0.29) is 5.91 Å². The summed E-state index contributed by atoms with van der Waals surface area (Å²) < 4.78 is 0. The van der Waals surface area contributed by atoms with Crippen LogP contribution < -0.4 is 5.43 Å². The average molecular weight is 305 g/mol. The molecule has 2 aliphatic rings. The molecular weight excluding hydrogens is 282 g/mol. The van der Waals surface area contributed by atoms with Gasteiger partial charge in [0.2, 0.25) is 5.91 Å². The van der Waals surface area contributed by atoms with Crippen LogP contribution in [0.1, 0.15) is 55.6 Å². The van der Waals surface area contributed by atoms with Crippen molar-refractivity contribution in [1.82, 2.24) is 10.4 Å². The van der Waals surface area contributed by atoms with Crippen molar-refractivity contribution in [2.75, 3.05) is 0 Å². The number of thiazole rings is 1. The minimum atomic E-state index is -0.0531. The van der Waals surface area contributed by atoms with Crippen LogP contribution in [0, 0.1) is 18.8 Å². The maximum atomic E-state index is 11.9. The summed E-state index contributed by atoms with van der Waals surface area (Å²) in [6, 6.07) is 0. The Morgan fingerprint density at radius 3 is 2.95 bits per heavy atom. The quantitative estimate of drug-likeness (QED) is 0.870. The van der Waals surface area contributed by atoms with Crippen molar-refractivity contribution in [2.24, 2.45) is 16.9 Å². The Balaban J connectivity index is 1.50. The molecule has 2 aliphatic carbocycles. The third-order valence-corrected chi connectivity index (χ3v) is 5.65. The van der Waals surface area contributed by atoms with Crippen molar-refractivity contribution in [3.05, 3.63) is 16.1 Å². The largest absolute Gasteiger partial charge is 0.273 e. The predicted octanol–water partition coefficient (Wildman–Crippen LogP) is 3.46. The molecule has 1 aromatic rings. The van der Waals surface area contributed by atoms with Gasteiger partial charge in [-0.3, -0.25) is 4.79 Å². The standard InChI is InChI=1S/C16H23N3OS/c1-11-10-21-16(17-11)9-15(20)19-18-14-7-6-12-4-2-3-5-13(12)8-14/h10,12-13H,2-9H2,1H3,(H,19,20)/b18-14+/t12-,13-/m1/s1. The van der Waals surface area contributed by atoms with Gasteiger partial charge in [0.1, 0.15) is 5.01 Å². The normalized spacial score (nSPS) is 27.4. The molecule has 1 aromatic heterocycles. The minimum absolute atomic E-state index is 0.0531. The van der Waals surface area contributed by atoms with Crippen LogP contribution >= 0.6 is 11.3 Å². The van der Waals surface area contributed by atoms with E-state index in [0.717, 1.165) is 35.4 Å². The van der Waals surface area contributed by atoms with Crippen LogP contribution in [0.3, 0.4) is 0 Å². The smallest absolute Gasteiger partial charge is 0.246 e. The molecule has 2 saturated carbocycles. The molecule has 0 spiro atoms. The number of hydrazone groups is 1. The molecule has 0 radical (unpaired) electrons. The Morgan fingerprint density at radius 1 is 1.38 bits per heavy atom. The van der Waals surface area contributed by atoms with E-state index in [0.29, 0.717) is 6.42 Å². The van der Waals surface area contributed by atoms with Gasteiger partial charge in [0.05, 0.1) is 6.42 Å². The van der Waals surface area contributed by atoms with Crippen molar-refractivity contribution in [3.63, 3.8) is 0 Å². The molecular formula is C16H23N3OS. The van der Waals surface area contributed by atoms with Gasteiger partial charge in [-0.25, -0.2) is 10.4 Å². The fraction of sp³-hybridized carbons (Fsp3) is 0.688. The van der Waals surface area contributed by atoms with Gasteiger partial charge < -0.3 is 0 Å². The summed E-state index contributed by atoms with van der Waals surface area (Å²) in [6.07, 6.45) is 9.23. The summed E-state index contributed by atoms with van der Waals surface area (Å²) in [4.78, 5) is 16.2. The highest BCUT2D eigenvalue weighted by Crippen LogP contribution is 2.39. The summed E-state index contributed by atoms with van der Waals surface area (Å²) in [7, 11) is 0. The average Bonchev–Trinajstić information content (AvgIpc) is 2.90. The van der Waals surface area contributed by atoms with Gasteiger partial charge in [0.25, 0.3) is 0 Å². The van der Waals surface area contributed by atoms with Crippen molar-refractivity contribution in [2.45, 2.75) is 58.3 Å². The number of rotatable bonds is 3. The lowest BCUT2D eigenvalue weighted by atomic mass is 9.70. The summed E-state index contributed by atoms with van der Waals surface area (Å²) >= 11 is 1.53. The van der Waals surface area contributed by atoms with Crippen LogP contribution in [-0.2, 0) is 11.2 Å². The Hall–Kier alpha value is -1.23. The van der Waals surface area contributed by atoms with E-state index in [2.05, 4.69) is 15.5 Å². The van der Waals surface area contributed by atoms with Gasteiger partial charge in [-0.05, 0) is 44.4 Å². The number of fused-ring (bicyclic) bond motifs is 1. The number of carbonyl (C=O) groups is 1. The third-order valence-electron chi connectivity index (χ3n) is 4.69. The first-order valence-electron chi connectivity index (χ1n) is 7.96. The van der Waals surface area contributed by atoms with Crippen LogP contribution in [0.25, 0.3) is 0 Å². The molecule has 2 fully saturated rings. The van der Waals surface area contributed by atoms with E-state index in [1.807, 2.05) is 12.3 Å². The van der Waals surface area contributed by atoms with E-state index in [1.54, 1.807) is 0 Å². The number of hydrogen-bond donors (Lipinski definition) is 1. The summed E-state index contributed by atoms with van der Waals surface area (Å²) in [5.74, 6) is 1.67. The van der Waals surface area contributed by atoms with E-state index in [9.17, 15) is 4.79 Å². The monoisotopic (exact) mass is 305 g/mol. The second-order valence-corrected chi connectivity index (χ2v) is 7.26. The first-order chi connectivity index (χ1) is 10.2. The molecule has 0 unspecified atom stereocenters. The summed E-state index contributed by atoms with van der Waals surface area (Å²) in [5, 5.41) is 7.20. The van der Waals surface area contributed by atoms with Gasteiger partial charge in [-0.2, -0.15) is 5.10 Å². The fourth-order valence-electron chi connectivity index (χ4n) is 3.59. The third kappa shape index (κ3) is 3.90. The Morgan fingerprint density at radius 2 is 2.19 bits per heavy atom. The maximum Gasteiger partial charge on any atom is 0.246 e. The molecule has 0 bridgehead atoms. The lowest BCUT2D eigenvalue weighted by Crippen LogP contribution is -2.30. The molecule has 1 amide bonds. The molecule has 0 saturated heterocycles. The van der Waals surface area contributed by atoms with Crippen LogP contribution in [0.4, 0.5) is 0 Å². The van der Waals surface area contributed by atoms with E-state index in [1.165, 1.54) is 49.2 Å². The number of carbonyl (C=O) groups excluding carboxylic acids is 1. The van der Waals surface area contributed by atoms with Crippen molar-refractivity contribution >= 4 is 23.0 Å². The van der Waals surface area contributed by atoms with E-state index in [4.69, 9.17) is 0 Å². The van der Waals surface area contributed by atoms with Crippen molar-refractivity contribution in [1.29, 1.82) is 0 Å². The Bertz CT molecular complexity index is 537. The highest BCUT2D eigenvalue weighted by Gasteiger charge is 2.30. The van der Waals surface area contributed by atoms with Crippen LogP contribution in [0.5, 0.6) is 0 Å². The Kier molecular flexibility index (Phi) is 4.68. The molecule has 21 heavy (non-hydrogen) atoms. The van der Waals surface area contributed by atoms with Gasteiger partial charge in [0.15, 0.2) is 0 Å². The molecule has 5 heteroatoms. The number of hydrogen-bond acceptors (Lipinski definition) is 4. The lowest BCUT2D eigenvalue weighted by molar-refractivity contribution is -0.120. The van der Waals surface area contributed by atoms with Crippen LogP contribution in [0.15, 0.2) is 10.5 Å². The number of aromatic nitrogens is 1. The van der Waals surface area contributed by atoms with Gasteiger partial charge in [0, 0.05) is 16.8 Å². The van der Waals surface area contributed by atoms with Crippen molar-refractivity contribution < 1.29 is 4.79 Å². The molecule has 2 atom stereocenters. The Labute approximate surface area is 130 Å². The molecule has 0 aromatic carbocycles. The first-order valence-corrected chi connectivity index (χ1v) is 8.84. The second-order valence-electron chi connectivity index (χ2n) is 6.32. The molecule has 3 rings (SSSR count). The lowest BCUT2D eigenvalue weighted by Gasteiger charge is -2.35. The summed E-state index contributed by atoms with van der Waals surface area (Å²) in [6.45, 7) is 1.95.